The third kappa shape index (κ3) is 5.61. The summed E-state index contributed by atoms with van der Waals surface area (Å²) in [6.45, 7) is 3.12. The Kier molecular flexibility index (Phi) is 9.05. The second kappa shape index (κ2) is 11.3. The first-order chi connectivity index (χ1) is 13.6. The molecule has 0 aliphatic carbocycles. The van der Waals surface area contributed by atoms with Gasteiger partial charge in [-0.3, -0.25) is 4.84 Å². The molecule has 154 valence electrons. The number of nitrogens with two attached hydrogens (primary N) is 1. The van der Waals surface area contributed by atoms with Crippen LogP contribution in [0, 0.1) is 0 Å². The molecule has 2 aromatic carbocycles. The first kappa shape index (κ1) is 22.5. The molecule has 0 heterocycles. The predicted octanol–water partition coefficient (Wildman–Crippen LogP) is 1.86. The van der Waals surface area contributed by atoms with Crippen LogP contribution in [0.1, 0.15) is 24.1 Å². The van der Waals surface area contributed by atoms with E-state index in [0.29, 0.717) is 13.2 Å². The van der Waals surface area contributed by atoms with E-state index in [2.05, 4.69) is 59.3 Å². The van der Waals surface area contributed by atoms with Crippen molar-refractivity contribution in [3.63, 3.8) is 0 Å². The molecule has 0 aromatic heterocycles. The summed E-state index contributed by atoms with van der Waals surface area (Å²) in [7, 11) is 5.81. The number of hydrogen-bond donors (Lipinski definition) is 4. The van der Waals surface area contributed by atoms with Gasteiger partial charge in [-0.15, -0.1) is 0 Å². The SMILES string of the molecule is CNC(CN)N(OCCc1ccccc1)C(c1ccccc1)C(C)(NC)NC. The molecule has 0 aliphatic heterocycles. The Balaban J connectivity index is 2.32. The van der Waals surface area contributed by atoms with Crippen molar-refractivity contribution in [2.24, 2.45) is 5.73 Å². The van der Waals surface area contributed by atoms with Gasteiger partial charge in [-0.1, -0.05) is 60.7 Å². The zero-order chi connectivity index (χ0) is 20.4. The number of nitrogens with one attached hydrogen (secondary N) is 3. The van der Waals surface area contributed by atoms with Crippen LogP contribution in [0.25, 0.3) is 0 Å². The zero-order valence-corrected chi connectivity index (χ0v) is 17.5. The summed E-state index contributed by atoms with van der Waals surface area (Å²) in [5, 5.41) is 12.1. The summed E-state index contributed by atoms with van der Waals surface area (Å²) in [5.74, 6) is 0. The molecule has 0 radical (unpaired) electrons. The minimum atomic E-state index is -0.432. The Labute approximate surface area is 169 Å². The highest BCUT2D eigenvalue weighted by molar-refractivity contribution is 5.23. The number of nitrogens with zero attached hydrogens (tertiary/aromatic N) is 1. The molecular weight excluding hydrogens is 350 g/mol. The average Bonchev–Trinajstić information content (AvgIpc) is 2.75. The monoisotopic (exact) mass is 385 g/mol. The van der Waals surface area contributed by atoms with E-state index < -0.39 is 5.66 Å². The molecule has 6 heteroatoms. The third-order valence-corrected chi connectivity index (χ3v) is 5.29. The van der Waals surface area contributed by atoms with Crippen LogP contribution in [0.3, 0.4) is 0 Å². The van der Waals surface area contributed by atoms with Crippen molar-refractivity contribution >= 4 is 0 Å². The smallest absolute Gasteiger partial charge is 0.0973 e. The Morgan fingerprint density at radius 2 is 1.54 bits per heavy atom. The molecule has 6 nitrogen and oxygen atoms in total. The first-order valence-corrected chi connectivity index (χ1v) is 9.85. The molecule has 0 saturated heterocycles. The topological polar surface area (TPSA) is 74.6 Å². The van der Waals surface area contributed by atoms with E-state index in [1.54, 1.807) is 0 Å². The lowest BCUT2D eigenvalue weighted by molar-refractivity contribution is -0.234. The molecular formula is C22H35N5O. The standard InChI is InChI=1S/C22H35N5O/c1-22(25-3,26-4)21(19-13-9-6-10-14-19)27(20(17-23)24-2)28-16-15-18-11-7-5-8-12-18/h5-14,20-21,24-26H,15-17,23H2,1-4H3. The van der Waals surface area contributed by atoms with Gasteiger partial charge >= 0.3 is 0 Å². The molecule has 2 rings (SSSR count). The van der Waals surface area contributed by atoms with E-state index in [1.807, 2.05) is 50.5 Å². The van der Waals surface area contributed by atoms with Crippen LogP contribution >= 0.6 is 0 Å². The van der Waals surface area contributed by atoms with Crippen molar-refractivity contribution in [2.75, 3.05) is 34.3 Å². The maximum absolute atomic E-state index is 6.37. The van der Waals surface area contributed by atoms with Crippen LogP contribution in [0.5, 0.6) is 0 Å². The van der Waals surface area contributed by atoms with E-state index in [4.69, 9.17) is 10.6 Å². The summed E-state index contributed by atoms with van der Waals surface area (Å²) >= 11 is 0. The quantitative estimate of drug-likeness (QED) is 0.330. The lowest BCUT2D eigenvalue weighted by Gasteiger charge is -2.46. The molecule has 0 fully saturated rings. The maximum atomic E-state index is 6.37. The summed E-state index contributed by atoms with van der Waals surface area (Å²) in [4.78, 5) is 6.37. The molecule has 0 amide bonds. The Bertz CT molecular complexity index is 659. The van der Waals surface area contributed by atoms with Gasteiger partial charge in [0.2, 0.25) is 0 Å². The van der Waals surface area contributed by atoms with Crippen molar-refractivity contribution in [3.05, 3.63) is 71.8 Å². The van der Waals surface area contributed by atoms with Crippen molar-refractivity contribution in [1.82, 2.24) is 21.0 Å². The first-order valence-electron chi connectivity index (χ1n) is 9.85. The third-order valence-electron chi connectivity index (χ3n) is 5.29. The summed E-state index contributed by atoms with van der Waals surface area (Å²) in [5.41, 5.74) is 8.04. The largest absolute Gasteiger partial charge is 0.328 e. The molecule has 2 aromatic rings. The lowest BCUT2D eigenvalue weighted by Crippen LogP contribution is -2.64. The highest BCUT2D eigenvalue weighted by atomic mass is 16.7. The van der Waals surface area contributed by atoms with Gasteiger partial charge in [0.05, 0.1) is 24.5 Å². The number of hydroxylamine groups is 2. The summed E-state index contributed by atoms with van der Waals surface area (Å²) in [6, 6.07) is 20.6. The van der Waals surface area contributed by atoms with Crippen molar-refractivity contribution < 1.29 is 4.84 Å². The van der Waals surface area contributed by atoms with Gasteiger partial charge in [0, 0.05) is 6.54 Å². The van der Waals surface area contributed by atoms with Gasteiger partial charge in [0.1, 0.15) is 0 Å². The molecule has 0 aliphatic rings. The van der Waals surface area contributed by atoms with E-state index >= 15 is 0 Å². The zero-order valence-electron chi connectivity index (χ0n) is 17.5. The Hall–Kier alpha value is -1.80. The molecule has 0 saturated carbocycles. The van der Waals surface area contributed by atoms with Gasteiger partial charge in [-0.05, 0) is 45.6 Å². The fourth-order valence-electron chi connectivity index (χ4n) is 3.38. The van der Waals surface area contributed by atoms with Crippen LogP contribution in [-0.2, 0) is 11.3 Å². The van der Waals surface area contributed by atoms with Crippen LogP contribution in [0.2, 0.25) is 0 Å². The molecule has 0 bridgehead atoms. The maximum Gasteiger partial charge on any atom is 0.0973 e. The highest BCUT2D eigenvalue weighted by Crippen LogP contribution is 2.31. The van der Waals surface area contributed by atoms with Gasteiger partial charge in [-0.2, -0.15) is 5.06 Å². The van der Waals surface area contributed by atoms with Gasteiger partial charge in [0.25, 0.3) is 0 Å². The van der Waals surface area contributed by atoms with Gasteiger partial charge in [-0.25, -0.2) is 0 Å². The second-order valence-electron chi connectivity index (χ2n) is 6.98. The molecule has 2 atom stereocenters. The van der Waals surface area contributed by atoms with Gasteiger partial charge < -0.3 is 21.7 Å². The molecule has 2 unspecified atom stereocenters. The number of rotatable bonds is 12. The van der Waals surface area contributed by atoms with E-state index in [9.17, 15) is 0 Å². The predicted molar refractivity (Wildman–Crippen MR) is 116 cm³/mol. The molecule has 28 heavy (non-hydrogen) atoms. The second-order valence-corrected chi connectivity index (χ2v) is 6.98. The minimum absolute atomic E-state index is 0.111. The highest BCUT2D eigenvalue weighted by Gasteiger charge is 2.40. The van der Waals surface area contributed by atoms with Crippen molar-refractivity contribution in [2.45, 2.75) is 31.2 Å². The molecule has 5 N–H and O–H groups in total. The van der Waals surface area contributed by atoms with Crippen LogP contribution in [0.4, 0.5) is 0 Å². The van der Waals surface area contributed by atoms with E-state index in [0.717, 1.165) is 12.0 Å². The van der Waals surface area contributed by atoms with Gasteiger partial charge in [0.15, 0.2) is 0 Å². The van der Waals surface area contributed by atoms with Crippen LogP contribution < -0.4 is 21.7 Å². The number of benzene rings is 2. The summed E-state index contributed by atoms with van der Waals surface area (Å²) in [6.07, 6.45) is 0.692. The van der Waals surface area contributed by atoms with Crippen LogP contribution in [-0.4, -0.2) is 51.2 Å². The normalized spacial score (nSPS) is 14.2. The van der Waals surface area contributed by atoms with E-state index in [-0.39, 0.29) is 12.2 Å². The number of hydrogen-bond acceptors (Lipinski definition) is 6. The average molecular weight is 386 g/mol. The fraction of sp³-hybridized carbons (Fsp3) is 0.455. The number of likely N-dealkylation sites (N-methyl/N-ethyl adjacent to an activating group) is 3. The van der Waals surface area contributed by atoms with Crippen molar-refractivity contribution in [3.8, 4) is 0 Å². The fourth-order valence-corrected chi connectivity index (χ4v) is 3.38. The summed E-state index contributed by atoms with van der Waals surface area (Å²) < 4.78 is 0. The lowest BCUT2D eigenvalue weighted by atomic mass is 9.93. The van der Waals surface area contributed by atoms with Crippen LogP contribution in [0.15, 0.2) is 60.7 Å². The van der Waals surface area contributed by atoms with E-state index in [1.165, 1.54) is 5.56 Å². The van der Waals surface area contributed by atoms with Crippen molar-refractivity contribution in [1.29, 1.82) is 0 Å². The minimum Gasteiger partial charge on any atom is -0.328 e. The molecule has 0 spiro atoms. The Morgan fingerprint density at radius 3 is 2.04 bits per heavy atom. The Morgan fingerprint density at radius 1 is 0.964 bits per heavy atom.